The van der Waals surface area contributed by atoms with Gasteiger partial charge in [0.1, 0.15) is 6.61 Å². The number of carbonyl (C=O) groups excluding carboxylic acids is 1. The van der Waals surface area contributed by atoms with Gasteiger partial charge in [0, 0.05) is 13.6 Å². The Labute approximate surface area is 79.4 Å². The summed E-state index contributed by atoms with van der Waals surface area (Å²) in [7, 11) is 3.83. The Bertz CT molecular complexity index is 208. The van der Waals surface area contributed by atoms with Gasteiger partial charge in [-0.05, 0) is 20.5 Å². The molecule has 0 aliphatic carbocycles. The summed E-state index contributed by atoms with van der Waals surface area (Å²) < 4.78 is 4.99. The van der Waals surface area contributed by atoms with E-state index in [2.05, 4.69) is 11.8 Å². The summed E-state index contributed by atoms with van der Waals surface area (Å²) in [6.45, 7) is 6.47. The predicted molar refractivity (Wildman–Crippen MR) is 50.7 cm³/mol. The predicted octanol–water partition coefficient (Wildman–Crippen LogP) is 0.779. The molecule has 13 heavy (non-hydrogen) atoms. The molecule has 0 saturated carbocycles. The lowest BCUT2D eigenvalue weighted by Crippen LogP contribution is -2.50. The van der Waals surface area contributed by atoms with Crippen LogP contribution in [0.2, 0.25) is 0 Å². The van der Waals surface area contributed by atoms with Crippen LogP contribution in [0.3, 0.4) is 0 Å². The zero-order chi connectivity index (χ0) is 10.1. The molecule has 4 heteroatoms. The summed E-state index contributed by atoms with van der Waals surface area (Å²) in [6.07, 6.45) is -0.216. The van der Waals surface area contributed by atoms with Gasteiger partial charge in [-0.25, -0.2) is 4.79 Å². The molecule has 1 aliphatic rings. The summed E-state index contributed by atoms with van der Waals surface area (Å²) in [5.41, 5.74) is -0.165. The van der Waals surface area contributed by atoms with Crippen molar-refractivity contribution in [3.05, 3.63) is 0 Å². The highest BCUT2D eigenvalue weighted by Gasteiger charge is 2.41. The normalized spacial score (nSPS) is 28.4. The van der Waals surface area contributed by atoms with E-state index in [0.717, 1.165) is 13.1 Å². The van der Waals surface area contributed by atoms with Crippen LogP contribution in [-0.4, -0.2) is 55.2 Å². The van der Waals surface area contributed by atoms with Crippen LogP contribution < -0.4 is 0 Å². The molecule has 1 atom stereocenters. The van der Waals surface area contributed by atoms with Gasteiger partial charge < -0.3 is 14.5 Å². The third-order valence-electron chi connectivity index (χ3n) is 2.74. The molecule has 1 fully saturated rings. The van der Waals surface area contributed by atoms with Gasteiger partial charge in [0.05, 0.1) is 5.54 Å². The smallest absolute Gasteiger partial charge is 0.410 e. The largest absolute Gasteiger partial charge is 0.447 e. The van der Waals surface area contributed by atoms with Crippen molar-refractivity contribution < 1.29 is 9.53 Å². The number of likely N-dealkylation sites (N-methyl/N-ethyl adjacent to an activating group) is 2. The number of carbonyl (C=O) groups is 1. The van der Waals surface area contributed by atoms with Crippen LogP contribution in [0, 0.1) is 0 Å². The van der Waals surface area contributed by atoms with Crippen LogP contribution in [0.1, 0.15) is 13.8 Å². The Morgan fingerprint density at radius 1 is 1.69 bits per heavy atom. The Morgan fingerprint density at radius 3 is 2.69 bits per heavy atom. The van der Waals surface area contributed by atoms with Gasteiger partial charge in [0.15, 0.2) is 0 Å². The zero-order valence-corrected chi connectivity index (χ0v) is 8.83. The van der Waals surface area contributed by atoms with E-state index < -0.39 is 0 Å². The van der Waals surface area contributed by atoms with Crippen molar-refractivity contribution in [1.29, 1.82) is 0 Å². The zero-order valence-electron chi connectivity index (χ0n) is 8.83. The van der Waals surface area contributed by atoms with Gasteiger partial charge in [0.25, 0.3) is 0 Å². The molecule has 0 N–H and O–H groups in total. The van der Waals surface area contributed by atoms with Crippen molar-refractivity contribution >= 4 is 6.09 Å². The molecule has 0 aromatic rings. The highest BCUT2D eigenvalue weighted by Crippen LogP contribution is 2.22. The molecule has 4 nitrogen and oxygen atoms in total. The summed E-state index contributed by atoms with van der Waals surface area (Å²) >= 11 is 0. The number of hydrogen-bond donors (Lipinski definition) is 0. The number of hydrogen-bond acceptors (Lipinski definition) is 3. The lowest BCUT2D eigenvalue weighted by Gasteiger charge is -2.32. The van der Waals surface area contributed by atoms with E-state index in [1.54, 1.807) is 11.9 Å². The SMILES string of the molecule is CCN(C)CC1(C)COC(=O)N1C. The fourth-order valence-corrected chi connectivity index (χ4v) is 1.48. The average Bonchev–Trinajstić information content (AvgIpc) is 2.34. The lowest BCUT2D eigenvalue weighted by molar-refractivity contribution is 0.153. The molecule has 1 unspecified atom stereocenters. The molecule has 0 aromatic carbocycles. The molecule has 1 amide bonds. The second-order valence-electron chi connectivity index (χ2n) is 3.94. The molecule has 0 radical (unpaired) electrons. The van der Waals surface area contributed by atoms with Gasteiger partial charge in [0.2, 0.25) is 0 Å². The highest BCUT2D eigenvalue weighted by molar-refractivity contribution is 5.70. The molecule has 0 bridgehead atoms. The molecule has 0 spiro atoms. The molecule has 1 aliphatic heterocycles. The fourth-order valence-electron chi connectivity index (χ4n) is 1.48. The van der Waals surface area contributed by atoms with Crippen LogP contribution in [0.15, 0.2) is 0 Å². The maximum absolute atomic E-state index is 11.1. The van der Waals surface area contributed by atoms with Crippen LogP contribution in [0.5, 0.6) is 0 Å². The van der Waals surface area contributed by atoms with E-state index in [4.69, 9.17) is 4.74 Å². The lowest BCUT2D eigenvalue weighted by atomic mass is 10.0. The molecular formula is C9H18N2O2. The Hall–Kier alpha value is -0.770. The first kappa shape index (κ1) is 10.3. The van der Waals surface area contributed by atoms with E-state index >= 15 is 0 Å². The maximum Gasteiger partial charge on any atom is 0.410 e. The Kier molecular flexibility index (Phi) is 2.81. The second kappa shape index (κ2) is 3.54. The highest BCUT2D eigenvalue weighted by atomic mass is 16.6. The number of cyclic esters (lactones) is 1. The standard InChI is InChI=1S/C9H18N2O2/c1-5-10(3)6-9(2)7-13-8(12)11(9)4/h5-7H2,1-4H3. The molecule has 1 heterocycles. The van der Waals surface area contributed by atoms with Crippen molar-refractivity contribution in [3.63, 3.8) is 0 Å². The monoisotopic (exact) mass is 186 g/mol. The number of nitrogens with zero attached hydrogens (tertiary/aromatic N) is 2. The first-order valence-corrected chi connectivity index (χ1v) is 4.59. The molecule has 1 saturated heterocycles. The molecular weight excluding hydrogens is 168 g/mol. The van der Waals surface area contributed by atoms with Gasteiger partial charge in [-0.15, -0.1) is 0 Å². The first-order chi connectivity index (χ1) is 5.99. The molecule has 1 rings (SSSR count). The maximum atomic E-state index is 11.1. The number of amides is 1. The van der Waals surface area contributed by atoms with E-state index in [9.17, 15) is 4.79 Å². The van der Waals surface area contributed by atoms with Crippen molar-refractivity contribution in [3.8, 4) is 0 Å². The quantitative estimate of drug-likeness (QED) is 0.653. The van der Waals surface area contributed by atoms with E-state index in [0.29, 0.717) is 6.61 Å². The average molecular weight is 186 g/mol. The Morgan fingerprint density at radius 2 is 2.31 bits per heavy atom. The topological polar surface area (TPSA) is 32.8 Å². The third-order valence-corrected chi connectivity index (χ3v) is 2.74. The van der Waals surface area contributed by atoms with Crippen molar-refractivity contribution in [2.24, 2.45) is 0 Å². The van der Waals surface area contributed by atoms with E-state index in [1.807, 2.05) is 14.0 Å². The summed E-state index contributed by atoms with van der Waals surface area (Å²) in [4.78, 5) is 15.0. The van der Waals surface area contributed by atoms with Gasteiger partial charge >= 0.3 is 6.09 Å². The van der Waals surface area contributed by atoms with Gasteiger partial charge in [-0.2, -0.15) is 0 Å². The second-order valence-corrected chi connectivity index (χ2v) is 3.94. The van der Waals surface area contributed by atoms with Crippen LogP contribution in [-0.2, 0) is 4.74 Å². The first-order valence-electron chi connectivity index (χ1n) is 4.59. The Balaban J connectivity index is 2.61. The third kappa shape index (κ3) is 1.94. The minimum Gasteiger partial charge on any atom is -0.447 e. The van der Waals surface area contributed by atoms with Crippen molar-refractivity contribution in [2.45, 2.75) is 19.4 Å². The van der Waals surface area contributed by atoms with Crippen LogP contribution in [0.25, 0.3) is 0 Å². The minimum absolute atomic E-state index is 0.165. The van der Waals surface area contributed by atoms with Crippen LogP contribution >= 0.6 is 0 Å². The van der Waals surface area contributed by atoms with Crippen molar-refractivity contribution in [1.82, 2.24) is 9.80 Å². The molecule has 76 valence electrons. The number of ether oxygens (including phenoxy) is 1. The van der Waals surface area contributed by atoms with Gasteiger partial charge in [-0.1, -0.05) is 6.92 Å². The summed E-state index contributed by atoms with van der Waals surface area (Å²) in [6, 6.07) is 0. The van der Waals surface area contributed by atoms with Gasteiger partial charge in [-0.3, -0.25) is 0 Å². The fraction of sp³-hybridized carbons (Fsp3) is 0.889. The number of rotatable bonds is 3. The van der Waals surface area contributed by atoms with Crippen molar-refractivity contribution in [2.75, 3.05) is 33.8 Å². The molecule has 0 aromatic heterocycles. The van der Waals surface area contributed by atoms with E-state index in [-0.39, 0.29) is 11.6 Å². The summed E-state index contributed by atoms with van der Waals surface area (Å²) in [5.74, 6) is 0. The summed E-state index contributed by atoms with van der Waals surface area (Å²) in [5, 5.41) is 0. The minimum atomic E-state index is -0.216. The van der Waals surface area contributed by atoms with E-state index in [1.165, 1.54) is 0 Å². The van der Waals surface area contributed by atoms with Crippen LogP contribution in [0.4, 0.5) is 4.79 Å².